The first-order valence-electron chi connectivity index (χ1n) is 14.1. The van der Waals surface area contributed by atoms with Crippen molar-refractivity contribution in [3.05, 3.63) is 72.2 Å². The number of alkyl halides is 3. The van der Waals surface area contributed by atoms with Crippen LogP contribution in [0.5, 0.6) is 5.75 Å². The molecular formula is C32H34F3N5O3. The topological polar surface area (TPSA) is 89.5 Å². The quantitative estimate of drug-likeness (QED) is 0.224. The van der Waals surface area contributed by atoms with E-state index in [0.717, 1.165) is 36.7 Å². The van der Waals surface area contributed by atoms with Crippen LogP contribution in [0.3, 0.4) is 0 Å². The largest absolute Gasteiger partial charge is 0.492 e. The average molecular weight is 594 g/mol. The van der Waals surface area contributed by atoms with Crippen molar-refractivity contribution in [2.45, 2.75) is 51.2 Å². The van der Waals surface area contributed by atoms with Crippen LogP contribution in [0.4, 0.5) is 24.7 Å². The van der Waals surface area contributed by atoms with Gasteiger partial charge in [0.2, 0.25) is 0 Å². The fraction of sp³-hybridized carbons (Fsp3) is 0.375. The number of nitrogens with zero attached hydrogens (tertiary/aromatic N) is 4. The summed E-state index contributed by atoms with van der Waals surface area (Å²) in [6.45, 7) is 8.13. The van der Waals surface area contributed by atoms with Crippen molar-refractivity contribution >= 4 is 28.4 Å². The van der Waals surface area contributed by atoms with Gasteiger partial charge in [-0.25, -0.2) is 9.97 Å². The van der Waals surface area contributed by atoms with Gasteiger partial charge in [-0.2, -0.15) is 13.2 Å². The zero-order valence-electron chi connectivity index (χ0n) is 24.5. The number of likely N-dealkylation sites (tertiary alicyclic amines) is 1. The van der Waals surface area contributed by atoms with Crippen LogP contribution >= 0.6 is 0 Å². The van der Waals surface area contributed by atoms with Crippen LogP contribution < -0.4 is 10.1 Å². The van der Waals surface area contributed by atoms with Crippen molar-refractivity contribution in [2.75, 3.05) is 32.1 Å². The lowest BCUT2D eigenvalue weighted by atomic mass is 9.86. The molecule has 0 saturated carbocycles. The lowest BCUT2D eigenvalue weighted by Gasteiger charge is -2.26. The Balaban J connectivity index is 1.39. The van der Waals surface area contributed by atoms with Crippen LogP contribution in [0, 0.1) is 0 Å². The van der Waals surface area contributed by atoms with Crippen molar-refractivity contribution < 1.29 is 27.4 Å². The van der Waals surface area contributed by atoms with Gasteiger partial charge in [0.15, 0.2) is 0 Å². The zero-order valence-corrected chi connectivity index (χ0v) is 24.5. The van der Waals surface area contributed by atoms with E-state index in [1.54, 1.807) is 18.2 Å². The number of esters is 1. The van der Waals surface area contributed by atoms with E-state index in [1.807, 2.05) is 18.2 Å². The smallest absolute Gasteiger partial charge is 0.418 e. The third kappa shape index (κ3) is 6.72. The number of carbonyl (C=O) groups excluding carboxylic acids is 1. The highest BCUT2D eigenvalue weighted by atomic mass is 19.4. The number of halogens is 3. The number of benzene rings is 2. The zero-order chi connectivity index (χ0) is 30.8. The molecule has 1 atom stereocenters. The molecule has 1 saturated heterocycles. The molecule has 43 heavy (non-hydrogen) atoms. The fourth-order valence-corrected chi connectivity index (χ4v) is 5.41. The summed E-state index contributed by atoms with van der Waals surface area (Å²) in [5.41, 5.74) is 1.39. The van der Waals surface area contributed by atoms with Gasteiger partial charge in [0, 0.05) is 35.4 Å². The van der Waals surface area contributed by atoms with Crippen molar-refractivity contribution in [3.63, 3.8) is 0 Å². The fourth-order valence-electron chi connectivity index (χ4n) is 5.41. The van der Waals surface area contributed by atoms with Crippen LogP contribution in [-0.4, -0.2) is 58.7 Å². The molecule has 4 aromatic rings. The Kier molecular flexibility index (Phi) is 8.55. The van der Waals surface area contributed by atoms with Crippen molar-refractivity contribution in [1.82, 2.24) is 19.9 Å². The summed E-state index contributed by atoms with van der Waals surface area (Å²) in [4.78, 5) is 26.9. The summed E-state index contributed by atoms with van der Waals surface area (Å²) in [6.07, 6.45) is -0.115. The molecule has 3 heterocycles. The van der Waals surface area contributed by atoms with Gasteiger partial charge in [-0.05, 0) is 60.7 Å². The van der Waals surface area contributed by atoms with Crippen molar-refractivity contribution in [2.24, 2.45) is 0 Å². The molecule has 0 bridgehead atoms. The molecule has 2 aromatic heterocycles. The molecule has 2 aromatic carbocycles. The van der Waals surface area contributed by atoms with E-state index >= 15 is 0 Å². The molecule has 1 N–H and O–H groups in total. The van der Waals surface area contributed by atoms with E-state index in [1.165, 1.54) is 25.7 Å². The highest BCUT2D eigenvalue weighted by Gasteiger charge is 2.34. The van der Waals surface area contributed by atoms with Crippen LogP contribution in [0.25, 0.3) is 22.2 Å². The third-order valence-corrected chi connectivity index (χ3v) is 7.55. The van der Waals surface area contributed by atoms with Crippen LogP contribution in [-0.2, 0) is 21.1 Å². The molecule has 11 heteroatoms. The molecular weight excluding hydrogens is 559 g/mol. The standard InChI is InChI=1S/C32H34F3N5O3/c1-31(2,3)23-12-10-21(18-27(23)43-16-15-40-14-6-8-26(40)30(41)42-4)39-29-22-11-9-20(17-25(22)37-19-38-29)28-24(32(33,34)35)7-5-13-36-28/h5,7,9-13,17-19,26H,6,8,14-16H2,1-4H3,(H,37,38,39). The first-order chi connectivity index (χ1) is 20.5. The van der Waals surface area contributed by atoms with Gasteiger partial charge in [-0.15, -0.1) is 0 Å². The molecule has 226 valence electrons. The first-order valence-corrected chi connectivity index (χ1v) is 14.1. The van der Waals surface area contributed by atoms with Crippen molar-refractivity contribution in [1.29, 1.82) is 0 Å². The predicted molar refractivity (Wildman–Crippen MR) is 158 cm³/mol. The van der Waals surface area contributed by atoms with Gasteiger partial charge in [0.05, 0.1) is 23.9 Å². The molecule has 1 fully saturated rings. The van der Waals surface area contributed by atoms with E-state index in [2.05, 4.69) is 45.9 Å². The van der Waals surface area contributed by atoms with Gasteiger partial charge >= 0.3 is 12.1 Å². The van der Waals surface area contributed by atoms with E-state index in [4.69, 9.17) is 9.47 Å². The van der Waals surface area contributed by atoms with Gasteiger partial charge in [0.25, 0.3) is 0 Å². The Labute approximate surface area is 248 Å². The second-order valence-corrected chi connectivity index (χ2v) is 11.5. The molecule has 1 aliphatic heterocycles. The summed E-state index contributed by atoms with van der Waals surface area (Å²) in [5, 5.41) is 3.96. The van der Waals surface area contributed by atoms with Gasteiger partial charge in [0.1, 0.15) is 30.5 Å². The molecule has 0 amide bonds. The van der Waals surface area contributed by atoms with E-state index in [0.29, 0.717) is 41.2 Å². The first kappa shape index (κ1) is 30.2. The summed E-state index contributed by atoms with van der Waals surface area (Å²) in [7, 11) is 1.41. The average Bonchev–Trinajstić information content (AvgIpc) is 3.44. The summed E-state index contributed by atoms with van der Waals surface area (Å²) < 4.78 is 52.1. The number of ether oxygens (including phenoxy) is 2. The molecule has 0 aliphatic carbocycles. The Morgan fingerprint density at radius 3 is 2.60 bits per heavy atom. The Bertz CT molecular complexity index is 1620. The van der Waals surface area contributed by atoms with Crippen LogP contribution in [0.1, 0.15) is 44.7 Å². The maximum atomic E-state index is 13.6. The second-order valence-electron chi connectivity index (χ2n) is 11.5. The minimum Gasteiger partial charge on any atom is -0.492 e. The highest BCUT2D eigenvalue weighted by molar-refractivity contribution is 5.93. The molecule has 8 nitrogen and oxygen atoms in total. The number of carbonyl (C=O) groups is 1. The number of anilines is 2. The number of hydrogen-bond acceptors (Lipinski definition) is 8. The Morgan fingerprint density at radius 1 is 1.05 bits per heavy atom. The molecule has 1 aliphatic rings. The van der Waals surface area contributed by atoms with Gasteiger partial charge in [-0.1, -0.05) is 32.9 Å². The van der Waals surface area contributed by atoms with Gasteiger partial charge < -0.3 is 14.8 Å². The number of aromatic nitrogens is 3. The van der Waals surface area contributed by atoms with Crippen molar-refractivity contribution in [3.8, 4) is 17.0 Å². The SMILES string of the molecule is COC(=O)C1CCCN1CCOc1cc(Nc2ncnc3cc(-c4ncccc4C(F)(F)F)ccc23)ccc1C(C)(C)C. The monoisotopic (exact) mass is 593 g/mol. The summed E-state index contributed by atoms with van der Waals surface area (Å²) >= 11 is 0. The normalized spacial score (nSPS) is 15.9. The molecule has 0 radical (unpaired) electrons. The molecule has 1 unspecified atom stereocenters. The van der Waals surface area contributed by atoms with E-state index in [-0.39, 0.29) is 23.1 Å². The number of rotatable bonds is 8. The molecule has 0 spiro atoms. The second kappa shape index (κ2) is 12.2. The van der Waals surface area contributed by atoms with Gasteiger partial charge in [-0.3, -0.25) is 14.7 Å². The van der Waals surface area contributed by atoms with E-state index in [9.17, 15) is 18.0 Å². The highest BCUT2D eigenvalue weighted by Crippen LogP contribution is 2.38. The summed E-state index contributed by atoms with van der Waals surface area (Å²) in [6, 6.07) is 12.8. The number of methoxy groups -OCH3 is 1. The van der Waals surface area contributed by atoms with E-state index < -0.39 is 11.7 Å². The third-order valence-electron chi connectivity index (χ3n) is 7.55. The summed E-state index contributed by atoms with van der Waals surface area (Å²) in [5.74, 6) is 0.993. The minimum absolute atomic E-state index is 0.156. The Hall–Kier alpha value is -4.25. The molecule has 5 rings (SSSR count). The maximum Gasteiger partial charge on any atom is 0.418 e. The maximum absolute atomic E-state index is 13.6. The minimum atomic E-state index is -4.53. The number of hydrogen-bond donors (Lipinski definition) is 1. The lowest BCUT2D eigenvalue weighted by Crippen LogP contribution is -2.39. The van der Waals surface area contributed by atoms with Crippen LogP contribution in [0.2, 0.25) is 0 Å². The number of pyridine rings is 1. The number of nitrogens with one attached hydrogen (secondary N) is 1. The number of fused-ring (bicyclic) bond motifs is 1. The predicted octanol–water partition coefficient (Wildman–Crippen LogP) is 6.77. The van der Waals surface area contributed by atoms with Crippen LogP contribution in [0.15, 0.2) is 61.1 Å². The lowest BCUT2D eigenvalue weighted by molar-refractivity contribution is -0.146. The Morgan fingerprint density at radius 2 is 1.86 bits per heavy atom.